The van der Waals surface area contributed by atoms with Gasteiger partial charge in [0.15, 0.2) is 5.78 Å². The van der Waals surface area contributed by atoms with E-state index in [1.807, 2.05) is 6.92 Å². The topological polar surface area (TPSA) is 44.1 Å². The minimum atomic E-state index is 0.0389. The zero-order valence-electron chi connectivity index (χ0n) is 8.27. The molecule has 0 radical (unpaired) electrons. The van der Waals surface area contributed by atoms with Crippen LogP contribution in [0.2, 0.25) is 0 Å². The van der Waals surface area contributed by atoms with Crippen LogP contribution < -0.4 is 0 Å². The summed E-state index contributed by atoms with van der Waals surface area (Å²) in [6, 6.07) is 1.78. The third-order valence-electron chi connectivity index (χ3n) is 2.57. The molecule has 0 N–H and O–H groups in total. The third kappa shape index (κ3) is 1.57. The molecule has 1 aliphatic rings. The average Bonchev–Trinajstić information content (AvgIpc) is 2.87. The summed E-state index contributed by atoms with van der Waals surface area (Å²) in [6.45, 7) is 3.99. The molecule has 4 nitrogen and oxygen atoms in total. The average molecular weight is 194 g/mol. The second kappa shape index (κ2) is 3.92. The predicted molar refractivity (Wildman–Crippen MR) is 51.2 cm³/mol. The third-order valence-corrected chi connectivity index (χ3v) is 2.57. The SMILES string of the molecule is CCn1nccc1C(=O)C1CCOC1. The van der Waals surface area contributed by atoms with Gasteiger partial charge in [-0.2, -0.15) is 5.10 Å². The fraction of sp³-hybridized carbons (Fsp3) is 0.600. The summed E-state index contributed by atoms with van der Waals surface area (Å²) in [5.74, 6) is 0.207. The lowest BCUT2D eigenvalue weighted by atomic mass is 10.0. The molecule has 1 aromatic heterocycles. The quantitative estimate of drug-likeness (QED) is 0.677. The number of carbonyl (C=O) groups excluding carboxylic acids is 1. The van der Waals surface area contributed by atoms with Crippen molar-refractivity contribution in [2.75, 3.05) is 13.2 Å². The van der Waals surface area contributed by atoms with E-state index < -0.39 is 0 Å². The van der Waals surface area contributed by atoms with E-state index in [2.05, 4.69) is 5.10 Å². The minimum absolute atomic E-state index is 0.0389. The van der Waals surface area contributed by atoms with Gasteiger partial charge >= 0.3 is 0 Å². The smallest absolute Gasteiger partial charge is 0.186 e. The van der Waals surface area contributed by atoms with Gasteiger partial charge in [0, 0.05) is 25.3 Å². The fourth-order valence-electron chi connectivity index (χ4n) is 1.74. The maximum absolute atomic E-state index is 11.9. The lowest BCUT2D eigenvalue weighted by Gasteiger charge is -2.07. The van der Waals surface area contributed by atoms with Crippen molar-refractivity contribution >= 4 is 5.78 Å². The van der Waals surface area contributed by atoms with Crippen molar-refractivity contribution < 1.29 is 9.53 Å². The number of rotatable bonds is 3. The zero-order valence-corrected chi connectivity index (χ0v) is 8.27. The van der Waals surface area contributed by atoms with Crippen LogP contribution in [0, 0.1) is 5.92 Å². The van der Waals surface area contributed by atoms with Crippen molar-refractivity contribution in [3.8, 4) is 0 Å². The number of aryl methyl sites for hydroxylation is 1. The molecule has 1 aliphatic heterocycles. The maximum Gasteiger partial charge on any atom is 0.186 e. The number of hydrogen-bond donors (Lipinski definition) is 0. The van der Waals surface area contributed by atoms with E-state index in [9.17, 15) is 4.79 Å². The number of aromatic nitrogens is 2. The lowest BCUT2D eigenvalue weighted by Crippen LogP contribution is -2.18. The molecule has 4 heteroatoms. The molecule has 14 heavy (non-hydrogen) atoms. The number of carbonyl (C=O) groups is 1. The summed E-state index contributed by atoms with van der Waals surface area (Å²) in [4.78, 5) is 11.9. The highest BCUT2D eigenvalue weighted by Crippen LogP contribution is 2.18. The number of Topliss-reactive ketones (excluding diaryl/α,β-unsaturated/α-hetero) is 1. The van der Waals surface area contributed by atoms with Gasteiger partial charge in [-0.3, -0.25) is 9.48 Å². The summed E-state index contributed by atoms with van der Waals surface area (Å²) in [5.41, 5.74) is 0.711. The second-order valence-corrected chi connectivity index (χ2v) is 3.46. The van der Waals surface area contributed by atoms with Gasteiger partial charge in [-0.05, 0) is 19.4 Å². The van der Waals surface area contributed by atoms with Crippen molar-refractivity contribution in [2.45, 2.75) is 19.9 Å². The molecule has 0 amide bonds. The Bertz CT molecular complexity index is 327. The van der Waals surface area contributed by atoms with E-state index in [4.69, 9.17) is 4.74 Å². The number of nitrogens with zero attached hydrogens (tertiary/aromatic N) is 2. The Hall–Kier alpha value is -1.16. The van der Waals surface area contributed by atoms with E-state index in [-0.39, 0.29) is 11.7 Å². The molecule has 1 aromatic rings. The van der Waals surface area contributed by atoms with Crippen molar-refractivity contribution in [3.05, 3.63) is 18.0 Å². The van der Waals surface area contributed by atoms with Gasteiger partial charge in [0.1, 0.15) is 5.69 Å². The van der Waals surface area contributed by atoms with Gasteiger partial charge in [0.05, 0.1) is 6.61 Å². The molecule has 0 aromatic carbocycles. The molecule has 0 spiro atoms. The molecular formula is C10H14N2O2. The summed E-state index contributed by atoms with van der Waals surface area (Å²) in [6.07, 6.45) is 2.51. The molecule has 1 unspecified atom stereocenters. The fourth-order valence-corrected chi connectivity index (χ4v) is 1.74. The molecule has 2 heterocycles. The van der Waals surface area contributed by atoms with Crippen molar-refractivity contribution in [3.63, 3.8) is 0 Å². The highest BCUT2D eigenvalue weighted by atomic mass is 16.5. The van der Waals surface area contributed by atoms with E-state index in [1.54, 1.807) is 16.9 Å². The van der Waals surface area contributed by atoms with Crippen molar-refractivity contribution in [1.29, 1.82) is 0 Å². The Balaban J connectivity index is 2.17. The van der Waals surface area contributed by atoms with E-state index in [0.717, 1.165) is 13.0 Å². The van der Waals surface area contributed by atoms with Crippen LogP contribution in [0.1, 0.15) is 23.8 Å². The molecule has 0 aliphatic carbocycles. The van der Waals surface area contributed by atoms with Gasteiger partial charge in [-0.1, -0.05) is 0 Å². The van der Waals surface area contributed by atoms with Crippen molar-refractivity contribution in [2.24, 2.45) is 5.92 Å². The lowest BCUT2D eigenvalue weighted by molar-refractivity contribution is 0.0889. The van der Waals surface area contributed by atoms with Gasteiger partial charge in [-0.25, -0.2) is 0 Å². The van der Waals surface area contributed by atoms with Crippen molar-refractivity contribution in [1.82, 2.24) is 9.78 Å². The summed E-state index contributed by atoms with van der Waals surface area (Å²) < 4.78 is 6.94. The Kier molecular flexibility index (Phi) is 2.63. The van der Waals surface area contributed by atoms with E-state index in [1.165, 1.54) is 0 Å². The van der Waals surface area contributed by atoms with Gasteiger partial charge < -0.3 is 4.74 Å². The van der Waals surface area contributed by atoms with Crippen LogP contribution in [0.3, 0.4) is 0 Å². The predicted octanol–water partition coefficient (Wildman–Crippen LogP) is 1.12. The largest absolute Gasteiger partial charge is 0.381 e. The molecule has 1 saturated heterocycles. The zero-order chi connectivity index (χ0) is 9.97. The summed E-state index contributed by atoms with van der Waals surface area (Å²) in [7, 11) is 0. The van der Waals surface area contributed by atoms with Gasteiger partial charge in [0.2, 0.25) is 0 Å². The van der Waals surface area contributed by atoms with Crippen LogP contribution >= 0.6 is 0 Å². The molecule has 1 fully saturated rings. The first-order valence-electron chi connectivity index (χ1n) is 4.96. The van der Waals surface area contributed by atoms with Crippen LogP contribution in [0.4, 0.5) is 0 Å². The number of hydrogen-bond acceptors (Lipinski definition) is 3. The van der Waals surface area contributed by atoms with Gasteiger partial charge in [0.25, 0.3) is 0 Å². The monoisotopic (exact) mass is 194 g/mol. The molecule has 2 rings (SSSR count). The van der Waals surface area contributed by atoms with E-state index >= 15 is 0 Å². The van der Waals surface area contributed by atoms with Crippen LogP contribution in [-0.2, 0) is 11.3 Å². The van der Waals surface area contributed by atoms with Crippen LogP contribution in [0.15, 0.2) is 12.3 Å². The second-order valence-electron chi connectivity index (χ2n) is 3.46. The van der Waals surface area contributed by atoms with Crippen LogP contribution in [0.25, 0.3) is 0 Å². The first-order chi connectivity index (χ1) is 6.83. The summed E-state index contributed by atoms with van der Waals surface area (Å²) in [5, 5.41) is 4.08. The van der Waals surface area contributed by atoms with Crippen LogP contribution in [-0.4, -0.2) is 28.8 Å². The first kappa shape index (κ1) is 9.40. The highest BCUT2D eigenvalue weighted by molar-refractivity contribution is 5.96. The molecule has 1 atom stereocenters. The summed E-state index contributed by atoms with van der Waals surface area (Å²) >= 11 is 0. The minimum Gasteiger partial charge on any atom is -0.381 e. The Morgan fingerprint density at radius 3 is 3.29 bits per heavy atom. The number of ketones is 1. The highest BCUT2D eigenvalue weighted by Gasteiger charge is 2.26. The Morgan fingerprint density at radius 2 is 2.64 bits per heavy atom. The maximum atomic E-state index is 11.9. The van der Waals surface area contributed by atoms with Crippen LogP contribution in [0.5, 0.6) is 0 Å². The Labute approximate surface area is 82.9 Å². The normalized spacial score (nSPS) is 21.4. The molecule has 76 valence electrons. The number of ether oxygens (including phenoxy) is 1. The molecular weight excluding hydrogens is 180 g/mol. The Morgan fingerprint density at radius 1 is 1.79 bits per heavy atom. The molecule has 0 bridgehead atoms. The first-order valence-corrected chi connectivity index (χ1v) is 4.96. The standard InChI is InChI=1S/C10H14N2O2/c1-2-12-9(3-5-11-12)10(13)8-4-6-14-7-8/h3,5,8H,2,4,6-7H2,1H3. The van der Waals surface area contributed by atoms with E-state index in [0.29, 0.717) is 18.9 Å². The van der Waals surface area contributed by atoms with Gasteiger partial charge in [-0.15, -0.1) is 0 Å². The molecule has 0 saturated carbocycles.